The summed E-state index contributed by atoms with van der Waals surface area (Å²) < 4.78 is 5.75. The van der Waals surface area contributed by atoms with Gasteiger partial charge in [-0.2, -0.15) is 4.98 Å². The highest BCUT2D eigenvalue weighted by molar-refractivity contribution is 6.28. The van der Waals surface area contributed by atoms with Crippen LogP contribution in [-0.4, -0.2) is 28.8 Å². The second kappa shape index (κ2) is 7.92. The highest BCUT2D eigenvalue weighted by Gasteiger charge is 2.09. The third kappa shape index (κ3) is 4.66. The summed E-state index contributed by atoms with van der Waals surface area (Å²) in [6.07, 6.45) is 3.80. The lowest BCUT2D eigenvalue weighted by atomic mass is 10.2. The molecule has 0 saturated heterocycles. The van der Waals surface area contributed by atoms with Crippen molar-refractivity contribution in [3.05, 3.63) is 35.3 Å². The first-order valence-electron chi connectivity index (χ1n) is 7.60. The minimum atomic E-state index is 0.0971. The minimum Gasteiger partial charge on any atom is -0.491 e. The fraction of sp³-hybridized carbons (Fsp3) is 0.353. The molecule has 1 aromatic heterocycles. The molecule has 0 fully saturated rings. The molecule has 1 aromatic carbocycles. The lowest BCUT2D eigenvalue weighted by Crippen LogP contribution is -2.07. The summed E-state index contributed by atoms with van der Waals surface area (Å²) in [5.74, 6) is 1.40. The summed E-state index contributed by atoms with van der Waals surface area (Å²) in [4.78, 5) is 12.8. The number of ether oxygens (including phenoxy) is 1. The SMILES string of the molecule is C/C=C(\C=NCC)Nc1nc(Cl)nc2ccc(OC(C)C)cc12. The van der Waals surface area contributed by atoms with Crippen LogP contribution in [0.2, 0.25) is 5.28 Å². The number of benzene rings is 1. The van der Waals surface area contributed by atoms with Crippen molar-refractivity contribution >= 4 is 34.5 Å². The predicted octanol–water partition coefficient (Wildman–Crippen LogP) is 4.48. The molecule has 1 N–H and O–H groups in total. The first-order chi connectivity index (χ1) is 11.0. The van der Waals surface area contributed by atoms with Crippen LogP contribution in [0.3, 0.4) is 0 Å². The van der Waals surface area contributed by atoms with E-state index in [2.05, 4.69) is 20.3 Å². The minimum absolute atomic E-state index is 0.0971. The van der Waals surface area contributed by atoms with Gasteiger partial charge >= 0.3 is 0 Å². The average Bonchev–Trinajstić information content (AvgIpc) is 2.51. The second-order valence-electron chi connectivity index (χ2n) is 5.18. The number of fused-ring (bicyclic) bond motifs is 1. The molecule has 23 heavy (non-hydrogen) atoms. The quantitative estimate of drug-likeness (QED) is 0.626. The van der Waals surface area contributed by atoms with Crippen molar-refractivity contribution in [2.24, 2.45) is 4.99 Å². The van der Waals surface area contributed by atoms with E-state index in [0.29, 0.717) is 5.82 Å². The molecule has 0 bridgehead atoms. The molecule has 1 heterocycles. The lowest BCUT2D eigenvalue weighted by Gasteiger charge is -2.13. The zero-order valence-corrected chi connectivity index (χ0v) is 14.6. The Morgan fingerprint density at radius 1 is 1.39 bits per heavy atom. The number of hydrogen-bond acceptors (Lipinski definition) is 5. The van der Waals surface area contributed by atoms with Crippen molar-refractivity contribution < 1.29 is 4.74 Å². The van der Waals surface area contributed by atoms with E-state index in [9.17, 15) is 0 Å². The standard InChI is InChI=1S/C17H21ClN4O/c1-5-12(10-19-6-2)20-16-14-9-13(23-11(3)4)7-8-15(14)21-17(18)22-16/h5,7-11H,6H2,1-4H3,(H,20,21,22)/b12-5+,19-10?. The van der Waals surface area contributed by atoms with Crippen molar-refractivity contribution in [2.45, 2.75) is 33.8 Å². The molecule has 2 rings (SSSR count). The summed E-state index contributed by atoms with van der Waals surface area (Å²) in [5.41, 5.74) is 1.60. The van der Waals surface area contributed by atoms with Crippen LogP contribution in [0.5, 0.6) is 5.75 Å². The number of aromatic nitrogens is 2. The number of anilines is 1. The van der Waals surface area contributed by atoms with Crippen LogP contribution in [0.15, 0.2) is 35.0 Å². The number of nitrogens with zero attached hydrogens (tertiary/aromatic N) is 3. The number of halogens is 1. The summed E-state index contributed by atoms with van der Waals surface area (Å²) in [7, 11) is 0. The maximum Gasteiger partial charge on any atom is 0.224 e. The van der Waals surface area contributed by atoms with Gasteiger partial charge in [0, 0.05) is 18.1 Å². The average molecular weight is 333 g/mol. The van der Waals surface area contributed by atoms with Crippen LogP contribution >= 0.6 is 11.6 Å². The third-order valence-corrected chi connectivity index (χ3v) is 3.17. The zero-order valence-electron chi connectivity index (χ0n) is 13.8. The van der Waals surface area contributed by atoms with Crippen LogP contribution in [0, 0.1) is 0 Å². The molecule has 0 atom stereocenters. The summed E-state index contributed by atoms with van der Waals surface area (Å²) in [5, 5.41) is 4.29. The van der Waals surface area contributed by atoms with Crippen LogP contribution in [0.1, 0.15) is 27.7 Å². The molecule has 2 aromatic rings. The smallest absolute Gasteiger partial charge is 0.224 e. The molecule has 0 unspecified atom stereocenters. The summed E-state index contributed by atoms with van der Waals surface area (Å²) in [6, 6.07) is 5.67. The molecule has 6 heteroatoms. The van der Waals surface area contributed by atoms with Crippen molar-refractivity contribution in [1.82, 2.24) is 9.97 Å². The Kier molecular flexibility index (Phi) is 5.93. The van der Waals surface area contributed by atoms with Gasteiger partial charge in [0.15, 0.2) is 0 Å². The van der Waals surface area contributed by atoms with Crippen LogP contribution < -0.4 is 10.1 Å². The summed E-state index contributed by atoms with van der Waals surface area (Å²) >= 11 is 6.03. The molecule has 0 radical (unpaired) electrons. The van der Waals surface area contributed by atoms with Gasteiger partial charge in [0.05, 0.1) is 17.3 Å². The molecule has 0 saturated carbocycles. The summed E-state index contributed by atoms with van der Waals surface area (Å²) in [6.45, 7) is 8.61. The van der Waals surface area contributed by atoms with E-state index in [1.54, 1.807) is 6.21 Å². The van der Waals surface area contributed by atoms with Gasteiger partial charge in [0.2, 0.25) is 5.28 Å². The third-order valence-electron chi connectivity index (χ3n) is 3.00. The Hall–Kier alpha value is -2.14. The van der Waals surface area contributed by atoms with E-state index in [1.165, 1.54) is 0 Å². The van der Waals surface area contributed by atoms with Gasteiger partial charge in [-0.05, 0) is 57.5 Å². The monoisotopic (exact) mass is 332 g/mol. The van der Waals surface area contributed by atoms with E-state index in [1.807, 2.05) is 52.0 Å². The molecular formula is C17H21ClN4O. The van der Waals surface area contributed by atoms with Crippen molar-refractivity contribution in [2.75, 3.05) is 11.9 Å². The molecule has 122 valence electrons. The number of rotatable bonds is 6. The first kappa shape index (κ1) is 17.2. The Labute approximate surface area is 141 Å². The van der Waals surface area contributed by atoms with Crippen molar-refractivity contribution in [1.29, 1.82) is 0 Å². The van der Waals surface area contributed by atoms with Gasteiger partial charge in [-0.3, -0.25) is 4.99 Å². The van der Waals surface area contributed by atoms with E-state index in [-0.39, 0.29) is 11.4 Å². The van der Waals surface area contributed by atoms with Crippen molar-refractivity contribution in [3.8, 4) is 5.75 Å². The molecule has 0 aliphatic carbocycles. The molecular weight excluding hydrogens is 312 g/mol. The molecule has 0 amide bonds. The normalized spacial score (nSPS) is 12.3. The van der Waals surface area contributed by atoms with Gasteiger partial charge in [0.25, 0.3) is 0 Å². The topological polar surface area (TPSA) is 59.4 Å². The van der Waals surface area contributed by atoms with Crippen LogP contribution in [0.25, 0.3) is 10.9 Å². The number of hydrogen-bond donors (Lipinski definition) is 1. The maximum absolute atomic E-state index is 6.03. The maximum atomic E-state index is 6.03. The van der Waals surface area contributed by atoms with Crippen LogP contribution in [0.4, 0.5) is 5.82 Å². The number of aliphatic imine (C=N–C) groups is 1. The Bertz CT molecular complexity index is 741. The fourth-order valence-electron chi connectivity index (χ4n) is 2.03. The molecule has 0 aliphatic heterocycles. The Morgan fingerprint density at radius 2 is 2.17 bits per heavy atom. The van der Waals surface area contributed by atoms with Crippen molar-refractivity contribution in [3.63, 3.8) is 0 Å². The molecule has 5 nitrogen and oxygen atoms in total. The van der Waals surface area contributed by atoms with Gasteiger partial charge in [-0.25, -0.2) is 4.98 Å². The predicted molar refractivity (Wildman–Crippen MR) is 96.7 cm³/mol. The van der Waals surface area contributed by atoms with E-state index in [4.69, 9.17) is 16.3 Å². The molecule has 0 spiro atoms. The number of nitrogens with one attached hydrogen (secondary N) is 1. The number of allylic oxidation sites excluding steroid dienone is 2. The first-order valence-corrected chi connectivity index (χ1v) is 7.98. The van der Waals surface area contributed by atoms with Gasteiger partial charge in [0.1, 0.15) is 11.6 Å². The highest BCUT2D eigenvalue weighted by atomic mass is 35.5. The van der Waals surface area contributed by atoms with E-state index in [0.717, 1.165) is 28.9 Å². The molecule has 0 aliphatic rings. The second-order valence-corrected chi connectivity index (χ2v) is 5.52. The lowest BCUT2D eigenvalue weighted by molar-refractivity contribution is 0.243. The Balaban J connectivity index is 2.45. The highest BCUT2D eigenvalue weighted by Crippen LogP contribution is 2.27. The van der Waals surface area contributed by atoms with Crippen LogP contribution in [-0.2, 0) is 0 Å². The Morgan fingerprint density at radius 3 is 2.83 bits per heavy atom. The van der Waals surface area contributed by atoms with Gasteiger partial charge in [-0.15, -0.1) is 0 Å². The van der Waals surface area contributed by atoms with E-state index >= 15 is 0 Å². The largest absolute Gasteiger partial charge is 0.491 e. The fourth-order valence-corrected chi connectivity index (χ4v) is 2.20. The van der Waals surface area contributed by atoms with Gasteiger partial charge in [-0.1, -0.05) is 6.08 Å². The van der Waals surface area contributed by atoms with Gasteiger partial charge < -0.3 is 10.1 Å². The zero-order chi connectivity index (χ0) is 16.8. The van der Waals surface area contributed by atoms with E-state index < -0.39 is 0 Å².